The van der Waals surface area contributed by atoms with Gasteiger partial charge in [0, 0.05) is 30.8 Å². The molecule has 0 aliphatic heterocycles. The topological polar surface area (TPSA) is 68.5 Å². The molecule has 0 bridgehead atoms. The third-order valence-electron chi connectivity index (χ3n) is 3.93. The number of nitrogens with zero attached hydrogens (tertiary/aromatic N) is 5. The molecule has 4 rings (SSSR count). The van der Waals surface area contributed by atoms with Gasteiger partial charge in [-0.1, -0.05) is 30.3 Å². The molecule has 1 aliphatic carbocycles. The monoisotopic (exact) mass is 306 g/mol. The van der Waals surface area contributed by atoms with Gasteiger partial charge in [0.1, 0.15) is 18.0 Å². The molecule has 2 aromatic heterocycles. The zero-order chi connectivity index (χ0) is 15.5. The molecule has 1 aliphatic rings. The highest BCUT2D eigenvalue weighted by atomic mass is 15.3. The van der Waals surface area contributed by atoms with Crippen molar-refractivity contribution in [1.82, 2.24) is 24.7 Å². The fourth-order valence-corrected chi connectivity index (χ4v) is 2.59. The van der Waals surface area contributed by atoms with E-state index in [0.717, 1.165) is 36.0 Å². The molecule has 2 heterocycles. The molecular weight excluding hydrogens is 288 g/mol. The molecule has 0 amide bonds. The summed E-state index contributed by atoms with van der Waals surface area (Å²) >= 11 is 0. The van der Waals surface area contributed by atoms with Gasteiger partial charge in [-0.2, -0.15) is 0 Å². The van der Waals surface area contributed by atoms with Gasteiger partial charge in [0.05, 0.1) is 0 Å². The van der Waals surface area contributed by atoms with E-state index in [1.165, 1.54) is 12.8 Å². The Morgan fingerprint density at radius 2 is 2.00 bits per heavy atom. The molecular formula is C17H18N6. The van der Waals surface area contributed by atoms with Crippen LogP contribution >= 0.6 is 0 Å². The zero-order valence-corrected chi connectivity index (χ0v) is 12.8. The number of hydrogen-bond acceptors (Lipinski definition) is 5. The van der Waals surface area contributed by atoms with E-state index in [1.807, 2.05) is 42.7 Å². The van der Waals surface area contributed by atoms with Crippen LogP contribution in [0.1, 0.15) is 24.7 Å². The van der Waals surface area contributed by atoms with Crippen LogP contribution in [0.3, 0.4) is 0 Å². The predicted molar refractivity (Wildman–Crippen MR) is 88.0 cm³/mol. The summed E-state index contributed by atoms with van der Waals surface area (Å²) in [6.45, 7) is 0.774. The Labute approximate surface area is 134 Å². The second-order valence-corrected chi connectivity index (χ2v) is 5.69. The predicted octanol–water partition coefficient (Wildman–Crippen LogP) is 2.72. The number of hydrogen-bond donors (Lipinski definition) is 1. The molecule has 0 spiro atoms. The van der Waals surface area contributed by atoms with Crippen molar-refractivity contribution in [2.75, 3.05) is 11.9 Å². The minimum atomic E-state index is 0.615. The quantitative estimate of drug-likeness (QED) is 0.758. The Balaban J connectivity index is 1.40. The van der Waals surface area contributed by atoms with Crippen LogP contribution in [0.25, 0.3) is 11.4 Å². The van der Waals surface area contributed by atoms with Crippen LogP contribution < -0.4 is 5.32 Å². The van der Waals surface area contributed by atoms with E-state index in [9.17, 15) is 0 Å². The average Bonchev–Trinajstić information content (AvgIpc) is 3.35. The highest BCUT2D eigenvalue weighted by Gasteiger charge is 2.25. The maximum Gasteiger partial charge on any atom is 0.161 e. The molecule has 1 N–H and O–H groups in total. The van der Waals surface area contributed by atoms with E-state index in [1.54, 1.807) is 6.20 Å². The third kappa shape index (κ3) is 3.21. The third-order valence-corrected chi connectivity index (χ3v) is 3.93. The summed E-state index contributed by atoms with van der Waals surface area (Å²) in [5.41, 5.74) is 1.02. The van der Waals surface area contributed by atoms with Crippen LogP contribution in [0.5, 0.6) is 0 Å². The molecule has 6 heteroatoms. The number of rotatable bonds is 6. The maximum absolute atomic E-state index is 4.57. The van der Waals surface area contributed by atoms with Gasteiger partial charge in [-0.15, -0.1) is 10.2 Å². The first kappa shape index (κ1) is 13.9. The Morgan fingerprint density at radius 1 is 1.13 bits per heavy atom. The van der Waals surface area contributed by atoms with E-state index < -0.39 is 0 Å². The van der Waals surface area contributed by atoms with Crippen LogP contribution in [0.2, 0.25) is 0 Å². The number of nitrogens with one attached hydrogen (secondary N) is 1. The Kier molecular flexibility index (Phi) is 3.71. The second kappa shape index (κ2) is 6.16. The van der Waals surface area contributed by atoms with Crippen molar-refractivity contribution >= 4 is 5.82 Å². The van der Waals surface area contributed by atoms with Crippen LogP contribution in [-0.2, 0) is 6.42 Å². The van der Waals surface area contributed by atoms with E-state index in [2.05, 4.69) is 30.0 Å². The fraction of sp³-hybridized carbons (Fsp3) is 0.294. The maximum atomic E-state index is 4.57. The van der Waals surface area contributed by atoms with Crippen molar-refractivity contribution in [2.24, 2.45) is 0 Å². The first-order valence-corrected chi connectivity index (χ1v) is 7.91. The molecule has 3 aromatic rings. The summed E-state index contributed by atoms with van der Waals surface area (Å²) in [4.78, 5) is 8.90. The largest absolute Gasteiger partial charge is 0.370 e. The van der Waals surface area contributed by atoms with Gasteiger partial charge in [-0.25, -0.2) is 9.97 Å². The molecule has 0 saturated heterocycles. The van der Waals surface area contributed by atoms with Crippen LogP contribution in [0.15, 0.2) is 48.9 Å². The lowest BCUT2D eigenvalue weighted by molar-refractivity contribution is 0.681. The molecule has 0 radical (unpaired) electrons. The van der Waals surface area contributed by atoms with Gasteiger partial charge in [-0.3, -0.25) is 0 Å². The molecule has 23 heavy (non-hydrogen) atoms. The summed E-state index contributed by atoms with van der Waals surface area (Å²) in [5, 5.41) is 11.6. The fourth-order valence-electron chi connectivity index (χ4n) is 2.59. The van der Waals surface area contributed by atoms with Crippen molar-refractivity contribution in [3.8, 4) is 11.4 Å². The Bertz CT molecular complexity index is 779. The standard InChI is InChI=1S/C17H18N6/c1-2-4-13(5-3-1)17-19-10-8-15(21-17)18-11-9-16-22-20-12-23(16)14-6-7-14/h1-5,8,10,12,14H,6-7,9,11H2,(H,18,19,21). The average molecular weight is 306 g/mol. The molecule has 6 nitrogen and oxygen atoms in total. The van der Waals surface area contributed by atoms with Gasteiger partial charge in [-0.05, 0) is 18.9 Å². The zero-order valence-electron chi connectivity index (χ0n) is 12.8. The number of aromatic nitrogens is 5. The van der Waals surface area contributed by atoms with E-state index >= 15 is 0 Å². The van der Waals surface area contributed by atoms with Crippen LogP contribution in [0, 0.1) is 0 Å². The molecule has 116 valence electrons. The summed E-state index contributed by atoms with van der Waals surface area (Å²) in [7, 11) is 0. The number of benzene rings is 1. The first-order valence-electron chi connectivity index (χ1n) is 7.91. The van der Waals surface area contributed by atoms with Crippen LogP contribution in [0.4, 0.5) is 5.82 Å². The molecule has 1 saturated carbocycles. The normalized spacial score (nSPS) is 13.9. The van der Waals surface area contributed by atoms with Crippen molar-refractivity contribution in [3.05, 3.63) is 54.7 Å². The van der Waals surface area contributed by atoms with Crippen molar-refractivity contribution < 1.29 is 0 Å². The molecule has 1 fully saturated rings. The minimum absolute atomic E-state index is 0.615. The van der Waals surface area contributed by atoms with Gasteiger partial charge >= 0.3 is 0 Å². The highest BCUT2D eigenvalue weighted by molar-refractivity contribution is 5.56. The van der Waals surface area contributed by atoms with E-state index in [0.29, 0.717) is 6.04 Å². The summed E-state index contributed by atoms with van der Waals surface area (Å²) in [5.74, 6) is 2.60. The van der Waals surface area contributed by atoms with Crippen molar-refractivity contribution in [2.45, 2.75) is 25.3 Å². The summed E-state index contributed by atoms with van der Waals surface area (Å²) in [6, 6.07) is 12.5. The van der Waals surface area contributed by atoms with Gasteiger partial charge in [0.2, 0.25) is 0 Å². The van der Waals surface area contributed by atoms with E-state index in [4.69, 9.17) is 0 Å². The Morgan fingerprint density at radius 3 is 2.83 bits per heavy atom. The van der Waals surface area contributed by atoms with Gasteiger partial charge < -0.3 is 9.88 Å². The second-order valence-electron chi connectivity index (χ2n) is 5.69. The smallest absolute Gasteiger partial charge is 0.161 e. The van der Waals surface area contributed by atoms with E-state index in [-0.39, 0.29) is 0 Å². The summed E-state index contributed by atoms with van der Waals surface area (Å²) < 4.78 is 2.19. The summed E-state index contributed by atoms with van der Waals surface area (Å²) in [6.07, 6.45) is 6.94. The molecule has 0 atom stereocenters. The van der Waals surface area contributed by atoms with Crippen molar-refractivity contribution in [1.29, 1.82) is 0 Å². The highest BCUT2D eigenvalue weighted by Crippen LogP contribution is 2.35. The first-order chi connectivity index (χ1) is 11.4. The minimum Gasteiger partial charge on any atom is -0.370 e. The van der Waals surface area contributed by atoms with Gasteiger partial charge in [0.25, 0.3) is 0 Å². The SMILES string of the molecule is c1ccc(-c2nccc(NCCc3nncn3C3CC3)n2)cc1. The lowest BCUT2D eigenvalue weighted by Crippen LogP contribution is -2.11. The van der Waals surface area contributed by atoms with Crippen LogP contribution in [-0.4, -0.2) is 31.3 Å². The molecule has 1 aromatic carbocycles. The molecule has 0 unspecified atom stereocenters. The van der Waals surface area contributed by atoms with Crippen molar-refractivity contribution in [3.63, 3.8) is 0 Å². The Hall–Kier alpha value is -2.76. The lowest BCUT2D eigenvalue weighted by atomic mass is 10.2. The lowest BCUT2D eigenvalue weighted by Gasteiger charge is -2.08. The van der Waals surface area contributed by atoms with Gasteiger partial charge in [0.15, 0.2) is 5.82 Å². The number of anilines is 1.